The number of halogens is 4. The molecule has 2 aromatic heterocycles. The lowest BCUT2D eigenvalue weighted by Gasteiger charge is -2.52. The molecule has 2 aliphatic heterocycles. The fraction of sp³-hybridized carbons (Fsp3) is 0.462. The average molecular weight is 568 g/mol. The van der Waals surface area contributed by atoms with Gasteiger partial charge in [-0.25, -0.2) is 0 Å². The molecule has 2 saturated heterocycles. The van der Waals surface area contributed by atoms with Crippen LogP contribution < -0.4 is 10.1 Å². The molecule has 2 fully saturated rings. The molecule has 5 rings (SSSR count). The number of amides is 1. The summed E-state index contributed by atoms with van der Waals surface area (Å²) in [5.74, 6) is 0.511. The van der Waals surface area contributed by atoms with Gasteiger partial charge in [-0.05, 0) is 36.6 Å². The standard InChI is InChI=1S/C26H28F3N5O4.ClH/c1-16(35)34-9-7-17(8-10-34)23-32-22(33-38-23)18-11-20(13-30-12-18)25(36,24(2)14-31-15-24)19-3-5-21(6-4-19)37-26(27,28)29;/h3-6,11-13,17,31,36H,7-10,14-15H2,1-2H3;1H/t25-;/m0./s1. The molecule has 0 unspecified atom stereocenters. The smallest absolute Gasteiger partial charge is 0.406 e. The zero-order valence-electron chi connectivity index (χ0n) is 21.4. The molecule has 2 aliphatic rings. The second-order valence-electron chi connectivity index (χ2n) is 10.1. The van der Waals surface area contributed by atoms with E-state index in [1.54, 1.807) is 24.1 Å². The van der Waals surface area contributed by atoms with Gasteiger partial charge in [0.1, 0.15) is 11.4 Å². The highest BCUT2D eigenvalue weighted by Crippen LogP contribution is 2.48. The number of hydrogen-bond acceptors (Lipinski definition) is 8. The number of rotatable bonds is 6. The van der Waals surface area contributed by atoms with Crippen LogP contribution in [0.1, 0.15) is 49.6 Å². The first-order chi connectivity index (χ1) is 18.0. The van der Waals surface area contributed by atoms with E-state index in [1.165, 1.54) is 30.5 Å². The third-order valence-corrected chi connectivity index (χ3v) is 7.55. The van der Waals surface area contributed by atoms with Gasteiger partial charge in [0.2, 0.25) is 17.6 Å². The number of aliphatic hydroxyl groups is 1. The van der Waals surface area contributed by atoms with E-state index in [9.17, 15) is 23.1 Å². The molecule has 3 aromatic rings. The molecule has 0 spiro atoms. The van der Waals surface area contributed by atoms with Crippen LogP contribution in [0.3, 0.4) is 0 Å². The van der Waals surface area contributed by atoms with Crippen molar-refractivity contribution < 1.29 is 32.3 Å². The quantitative estimate of drug-likeness (QED) is 0.459. The van der Waals surface area contributed by atoms with E-state index in [4.69, 9.17) is 4.52 Å². The number of hydrogen-bond donors (Lipinski definition) is 2. The highest BCUT2D eigenvalue weighted by Gasteiger charge is 2.53. The van der Waals surface area contributed by atoms with Gasteiger partial charge in [0.15, 0.2) is 0 Å². The first kappa shape index (κ1) is 28.8. The molecule has 210 valence electrons. The van der Waals surface area contributed by atoms with Crippen LogP contribution in [0, 0.1) is 5.41 Å². The Morgan fingerprint density at radius 3 is 2.38 bits per heavy atom. The summed E-state index contributed by atoms with van der Waals surface area (Å²) in [4.78, 5) is 22.3. The van der Waals surface area contributed by atoms with Crippen molar-refractivity contribution in [1.29, 1.82) is 0 Å². The van der Waals surface area contributed by atoms with Gasteiger partial charge in [0.05, 0.1) is 0 Å². The highest BCUT2D eigenvalue weighted by atomic mass is 35.5. The molecular weight excluding hydrogens is 539 g/mol. The van der Waals surface area contributed by atoms with E-state index in [0.717, 1.165) is 12.8 Å². The third-order valence-electron chi connectivity index (χ3n) is 7.55. The maximum atomic E-state index is 12.6. The average Bonchev–Trinajstić information content (AvgIpc) is 3.37. The number of nitrogens with one attached hydrogen (secondary N) is 1. The molecule has 13 heteroatoms. The lowest BCUT2D eigenvalue weighted by Crippen LogP contribution is -2.63. The van der Waals surface area contributed by atoms with Gasteiger partial charge in [-0.3, -0.25) is 9.78 Å². The van der Waals surface area contributed by atoms with Crippen LogP contribution in [0.2, 0.25) is 0 Å². The van der Waals surface area contributed by atoms with E-state index in [-0.39, 0.29) is 30.0 Å². The number of likely N-dealkylation sites (tertiary alicyclic amines) is 1. The minimum atomic E-state index is -4.81. The molecule has 0 saturated carbocycles. The highest BCUT2D eigenvalue weighted by molar-refractivity contribution is 5.85. The number of benzene rings is 1. The Morgan fingerprint density at radius 2 is 1.82 bits per heavy atom. The van der Waals surface area contributed by atoms with Crippen molar-refractivity contribution in [2.75, 3.05) is 26.2 Å². The topological polar surface area (TPSA) is 114 Å². The zero-order valence-corrected chi connectivity index (χ0v) is 22.2. The first-order valence-corrected chi connectivity index (χ1v) is 12.3. The lowest BCUT2D eigenvalue weighted by molar-refractivity contribution is -0.274. The molecule has 1 aromatic carbocycles. The van der Waals surface area contributed by atoms with E-state index in [1.807, 2.05) is 6.92 Å². The van der Waals surface area contributed by atoms with Crippen LogP contribution in [-0.4, -0.2) is 63.6 Å². The Bertz CT molecular complexity index is 1310. The Kier molecular flexibility index (Phi) is 7.93. The number of carbonyl (C=O) groups excluding carboxylic acids is 1. The summed E-state index contributed by atoms with van der Waals surface area (Å²) in [7, 11) is 0. The largest absolute Gasteiger partial charge is 0.573 e. The molecule has 0 radical (unpaired) electrons. The Labute approximate surface area is 229 Å². The van der Waals surface area contributed by atoms with Gasteiger partial charge < -0.3 is 24.6 Å². The molecule has 39 heavy (non-hydrogen) atoms. The van der Waals surface area contributed by atoms with Gasteiger partial charge in [-0.2, -0.15) is 4.98 Å². The molecular formula is C26H29ClF3N5O4. The van der Waals surface area contributed by atoms with Crippen LogP contribution >= 0.6 is 12.4 Å². The van der Waals surface area contributed by atoms with E-state index >= 15 is 0 Å². The predicted octanol–water partition coefficient (Wildman–Crippen LogP) is 4.02. The predicted molar refractivity (Wildman–Crippen MR) is 136 cm³/mol. The molecule has 2 N–H and O–H groups in total. The molecule has 1 amide bonds. The first-order valence-electron chi connectivity index (χ1n) is 12.3. The van der Waals surface area contributed by atoms with E-state index < -0.39 is 17.4 Å². The lowest BCUT2D eigenvalue weighted by atomic mass is 9.63. The molecule has 0 bridgehead atoms. The number of nitrogens with zero attached hydrogens (tertiary/aromatic N) is 4. The number of alkyl halides is 3. The summed E-state index contributed by atoms with van der Waals surface area (Å²) in [6.45, 7) is 5.68. The number of piperidine rings is 1. The molecule has 0 aliphatic carbocycles. The fourth-order valence-corrected chi connectivity index (χ4v) is 5.24. The summed E-state index contributed by atoms with van der Waals surface area (Å²) < 4.78 is 47.5. The molecule has 4 heterocycles. The maximum Gasteiger partial charge on any atom is 0.573 e. The number of ether oxygens (including phenoxy) is 1. The van der Waals surface area contributed by atoms with Crippen LogP contribution in [-0.2, 0) is 10.4 Å². The molecule has 1 atom stereocenters. The zero-order chi connectivity index (χ0) is 27.1. The second-order valence-corrected chi connectivity index (χ2v) is 10.1. The maximum absolute atomic E-state index is 12.6. The Balaban J connectivity index is 0.00000353. The van der Waals surface area contributed by atoms with Crippen molar-refractivity contribution in [3.8, 4) is 17.1 Å². The van der Waals surface area contributed by atoms with Crippen molar-refractivity contribution in [1.82, 2.24) is 25.3 Å². The van der Waals surface area contributed by atoms with Gasteiger partial charge in [0.25, 0.3) is 0 Å². The minimum absolute atomic E-state index is 0. The van der Waals surface area contributed by atoms with Gasteiger partial charge in [-0.15, -0.1) is 25.6 Å². The van der Waals surface area contributed by atoms with Gasteiger partial charge in [-0.1, -0.05) is 24.2 Å². The summed E-state index contributed by atoms with van der Waals surface area (Å²) in [6.07, 6.45) is -0.269. The second kappa shape index (κ2) is 10.7. The number of carbonyl (C=O) groups is 1. The monoisotopic (exact) mass is 567 g/mol. The number of pyridine rings is 1. The van der Waals surface area contributed by atoms with Crippen molar-refractivity contribution in [2.24, 2.45) is 5.41 Å². The third kappa shape index (κ3) is 5.59. The van der Waals surface area contributed by atoms with Crippen LogP contribution in [0.25, 0.3) is 11.4 Å². The van der Waals surface area contributed by atoms with Crippen molar-refractivity contribution in [3.05, 3.63) is 59.7 Å². The fourth-order valence-electron chi connectivity index (χ4n) is 5.24. The van der Waals surface area contributed by atoms with Crippen LogP contribution in [0.5, 0.6) is 5.75 Å². The number of aromatic nitrogens is 3. The van der Waals surface area contributed by atoms with Crippen LogP contribution in [0.15, 0.2) is 47.2 Å². The Morgan fingerprint density at radius 1 is 1.15 bits per heavy atom. The summed E-state index contributed by atoms with van der Waals surface area (Å²) in [5, 5.41) is 19.5. The summed E-state index contributed by atoms with van der Waals surface area (Å²) in [6, 6.07) is 6.95. The normalized spacial score (nSPS) is 19.0. The van der Waals surface area contributed by atoms with E-state index in [2.05, 4.69) is 25.2 Å². The van der Waals surface area contributed by atoms with Crippen molar-refractivity contribution >= 4 is 18.3 Å². The minimum Gasteiger partial charge on any atom is -0.406 e. The summed E-state index contributed by atoms with van der Waals surface area (Å²) in [5.41, 5.74) is -0.854. The Hall–Kier alpha value is -3.22. The van der Waals surface area contributed by atoms with Gasteiger partial charge >= 0.3 is 6.36 Å². The van der Waals surface area contributed by atoms with Gasteiger partial charge in [0, 0.05) is 68.0 Å². The molecule has 9 nitrogen and oxygen atoms in total. The summed E-state index contributed by atoms with van der Waals surface area (Å²) >= 11 is 0. The van der Waals surface area contributed by atoms with Crippen molar-refractivity contribution in [2.45, 2.75) is 44.6 Å². The SMILES string of the molecule is CC(=O)N1CCC(c2nc(-c3cncc([C@@](O)(c4ccc(OC(F)(F)F)cc4)C4(C)CNC4)c3)no2)CC1.Cl. The van der Waals surface area contributed by atoms with Crippen molar-refractivity contribution in [3.63, 3.8) is 0 Å². The van der Waals surface area contributed by atoms with E-state index in [0.29, 0.717) is 54.6 Å². The van der Waals surface area contributed by atoms with Crippen LogP contribution in [0.4, 0.5) is 13.2 Å².